The van der Waals surface area contributed by atoms with Gasteiger partial charge in [0.2, 0.25) is 0 Å². The molecule has 1 aliphatic heterocycles. The average Bonchev–Trinajstić information content (AvgIpc) is 2.57. The molecule has 0 atom stereocenters. The predicted octanol–water partition coefficient (Wildman–Crippen LogP) is 2.40. The molecule has 1 fully saturated rings. The van der Waals surface area contributed by atoms with Crippen molar-refractivity contribution in [3.05, 3.63) is 29.3 Å². The van der Waals surface area contributed by atoms with Crippen LogP contribution >= 0.6 is 11.8 Å². The van der Waals surface area contributed by atoms with E-state index in [1.54, 1.807) is 16.7 Å². The maximum Gasteiger partial charge on any atom is 0.149 e. The third-order valence-electron chi connectivity index (χ3n) is 2.80. The first kappa shape index (κ1) is 12.6. The number of hydrogen-bond donors (Lipinski definition) is 1. The van der Waals surface area contributed by atoms with Crippen LogP contribution in [0.2, 0.25) is 0 Å². The number of aliphatic hydroxyl groups excluding tert-OH is 1. The molecule has 0 aromatic heterocycles. The van der Waals surface area contributed by atoms with Crippen molar-refractivity contribution in [2.24, 2.45) is 0 Å². The van der Waals surface area contributed by atoms with Crippen LogP contribution in [-0.4, -0.2) is 29.7 Å². The van der Waals surface area contributed by atoms with E-state index in [-0.39, 0.29) is 17.9 Å². The van der Waals surface area contributed by atoms with E-state index < -0.39 is 11.6 Å². The molecule has 2 nitrogen and oxygen atoms in total. The Morgan fingerprint density at radius 1 is 1.18 bits per heavy atom. The molecule has 17 heavy (non-hydrogen) atoms. The van der Waals surface area contributed by atoms with Gasteiger partial charge in [-0.2, -0.15) is 11.8 Å². The van der Waals surface area contributed by atoms with Crippen molar-refractivity contribution in [3.8, 4) is 0 Å². The third-order valence-corrected chi connectivity index (χ3v) is 3.85. The lowest BCUT2D eigenvalue weighted by Crippen LogP contribution is -2.27. The number of rotatable bonds is 2. The number of aliphatic hydroxyl groups is 1. The minimum absolute atomic E-state index is 0.0460. The maximum atomic E-state index is 13.8. The van der Waals surface area contributed by atoms with Crippen LogP contribution in [0.4, 0.5) is 14.5 Å². The van der Waals surface area contributed by atoms with E-state index >= 15 is 0 Å². The summed E-state index contributed by atoms with van der Waals surface area (Å²) >= 11 is 1.81. The molecule has 1 aromatic carbocycles. The molecule has 94 valence electrons. The number of benzene rings is 1. The fraction of sp³-hybridized carbons (Fsp3) is 0.500. The van der Waals surface area contributed by atoms with Crippen molar-refractivity contribution in [2.45, 2.75) is 13.0 Å². The molecule has 0 unspecified atom stereocenters. The summed E-state index contributed by atoms with van der Waals surface area (Å²) in [5, 5.41) is 8.88. The summed E-state index contributed by atoms with van der Waals surface area (Å²) in [6.07, 6.45) is 0.936. The number of anilines is 1. The van der Waals surface area contributed by atoms with Gasteiger partial charge in [0.25, 0.3) is 0 Å². The van der Waals surface area contributed by atoms with Gasteiger partial charge in [0.05, 0.1) is 6.61 Å². The second-order valence-electron chi connectivity index (χ2n) is 4.02. The minimum Gasteiger partial charge on any atom is -0.392 e. The molecule has 5 heteroatoms. The highest BCUT2D eigenvalue weighted by Crippen LogP contribution is 2.27. The molecule has 1 N–H and O–H groups in total. The van der Waals surface area contributed by atoms with Crippen molar-refractivity contribution in [1.82, 2.24) is 0 Å². The quantitative estimate of drug-likeness (QED) is 0.882. The summed E-state index contributed by atoms with van der Waals surface area (Å²) in [7, 11) is 0. The van der Waals surface area contributed by atoms with E-state index in [9.17, 15) is 8.78 Å². The van der Waals surface area contributed by atoms with Crippen LogP contribution in [0, 0.1) is 11.6 Å². The molecule has 0 bridgehead atoms. The number of nitrogens with zero attached hydrogens (tertiary/aromatic N) is 1. The highest BCUT2D eigenvalue weighted by molar-refractivity contribution is 7.99. The molecular weight excluding hydrogens is 244 g/mol. The van der Waals surface area contributed by atoms with Crippen LogP contribution in [-0.2, 0) is 6.61 Å². The van der Waals surface area contributed by atoms with Crippen molar-refractivity contribution in [3.63, 3.8) is 0 Å². The molecule has 0 saturated carbocycles. The molecule has 1 saturated heterocycles. The second-order valence-corrected chi connectivity index (χ2v) is 5.24. The largest absolute Gasteiger partial charge is 0.392 e. The topological polar surface area (TPSA) is 23.5 Å². The van der Waals surface area contributed by atoms with Crippen LogP contribution in [0.5, 0.6) is 0 Å². The van der Waals surface area contributed by atoms with Gasteiger partial charge in [0.1, 0.15) is 17.3 Å². The Bertz CT molecular complexity index is 369. The summed E-state index contributed by atoms with van der Waals surface area (Å²) in [6, 6.07) is 2.41. The van der Waals surface area contributed by atoms with Gasteiger partial charge in [0, 0.05) is 18.8 Å². The molecular formula is C12H15F2NOS. The van der Waals surface area contributed by atoms with Crippen molar-refractivity contribution < 1.29 is 13.9 Å². The van der Waals surface area contributed by atoms with Gasteiger partial charge in [-0.1, -0.05) is 0 Å². The Morgan fingerprint density at radius 3 is 2.53 bits per heavy atom. The van der Waals surface area contributed by atoms with Crippen molar-refractivity contribution in [1.29, 1.82) is 0 Å². The van der Waals surface area contributed by atoms with Crippen molar-refractivity contribution >= 4 is 17.4 Å². The molecule has 0 spiro atoms. The first-order valence-electron chi connectivity index (χ1n) is 5.64. The van der Waals surface area contributed by atoms with E-state index in [4.69, 9.17) is 5.11 Å². The van der Waals surface area contributed by atoms with E-state index in [1.165, 1.54) is 12.1 Å². The second kappa shape index (κ2) is 5.69. The fourth-order valence-corrected chi connectivity index (χ4v) is 2.87. The molecule has 0 amide bonds. The number of thioether (sulfide) groups is 1. The predicted molar refractivity (Wildman–Crippen MR) is 66.4 cm³/mol. The van der Waals surface area contributed by atoms with Crippen LogP contribution in [0.3, 0.4) is 0 Å². The van der Waals surface area contributed by atoms with E-state index in [2.05, 4.69) is 0 Å². The standard InChI is InChI=1S/C12H15F2NOS/c13-10-6-9(8-16)7-11(14)12(10)15-2-1-4-17-5-3-15/h6-7,16H,1-5,8H2. The zero-order chi connectivity index (χ0) is 12.3. The molecule has 0 radical (unpaired) electrons. The number of hydrogen-bond acceptors (Lipinski definition) is 3. The summed E-state index contributed by atoms with van der Waals surface area (Å²) in [6.45, 7) is 1.00. The first-order valence-corrected chi connectivity index (χ1v) is 6.79. The Hall–Kier alpha value is -0.810. The van der Waals surface area contributed by atoms with Gasteiger partial charge in [-0.3, -0.25) is 0 Å². The fourth-order valence-electron chi connectivity index (χ4n) is 1.98. The lowest BCUT2D eigenvalue weighted by molar-refractivity contribution is 0.280. The van der Waals surface area contributed by atoms with Gasteiger partial charge in [0.15, 0.2) is 0 Å². The zero-order valence-corrected chi connectivity index (χ0v) is 10.3. The molecule has 1 heterocycles. The van der Waals surface area contributed by atoms with E-state index in [0.717, 1.165) is 17.9 Å². The molecule has 0 aliphatic carbocycles. The van der Waals surface area contributed by atoms with Crippen molar-refractivity contribution in [2.75, 3.05) is 29.5 Å². The smallest absolute Gasteiger partial charge is 0.149 e. The molecule has 2 rings (SSSR count). The SMILES string of the molecule is OCc1cc(F)c(N2CCCSCC2)c(F)c1. The minimum atomic E-state index is -0.582. The van der Waals surface area contributed by atoms with E-state index in [0.29, 0.717) is 13.1 Å². The summed E-state index contributed by atoms with van der Waals surface area (Å²) < 4.78 is 27.6. The Morgan fingerprint density at radius 2 is 1.88 bits per heavy atom. The Kier molecular flexibility index (Phi) is 4.23. The highest BCUT2D eigenvalue weighted by Gasteiger charge is 2.19. The monoisotopic (exact) mass is 259 g/mol. The highest BCUT2D eigenvalue weighted by atomic mass is 32.2. The molecule has 1 aliphatic rings. The third kappa shape index (κ3) is 2.90. The average molecular weight is 259 g/mol. The van der Waals surface area contributed by atoms with E-state index in [1.807, 2.05) is 0 Å². The van der Waals surface area contributed by atoms with Crippen LogP contribution < -0.4 is 4.90 Å². The lowest BCUT2D eigenvalue weighted by Gasteiger charge is -2.23. The van der Waals surface area contributed by atoms with Crippen LogP contribution in [0.1, 0.15) is 12.0 Å². The summed E-state index contributed by atoms with van der Waals surface area (Å²) in [5.41, 5.74) is 0.317. The maximum absolute atomic E-state index is 13.8. The zero-order valence-electron chi connectivity index (χ0n) is 9.46. The first-order chi connectivity index (χ1) is 8.22. The summed E-state index contributed by atoms with van der Waals surface area (Å²) in [5.74, 6) is 0.761. The van der Waals surface area contributed by atoms with Gasteiger partial charge < -0.3 is 10.0 Å². The Balaban J connectivity index is 2.30. The van der Waals surface area contributed by atoms with Crippen LogP contribution in [0.25, 0.3) is 0 Å². The van der Waals surface area contributed by atoms with Gasteiger partial charge in [-0.15, -0.1) is 0 Å². The van der Waals surface area contributed by atoms with Gasteiger partial charge in [-0.25, -0.2) is 8.78 Å². The van der Waals surface area contributed by atoms with Gasteiger partial charge >= 0.3 is 0 Å². The van der Waals surface area contributed by atoms with Gasteiger partial charge in [-0.05, 0) is 29.9 Å². The number of halogens is 2. The van der Waals surface area contributed by atoms with Crippen LogP contribution in [0.15, 0.2) is 12.1 Å². The summed E-state index contributed by atoms with van der Waals surface area (Å²) in [4.78, 5) is 1.76. The molecule has 1 aromatic rings. The lowest BCUT2D eigenvalue weighted by atomic mass is 10.1. The Labute approximate surface area is 104 Å². The normalized spacial score (nSPS) is 17.0.